The van der Waals surface area contributed by atoms with E-state index in [0.29, 0.717) is 17.9 Å². The Hall–Kier alpha value is -1.58. The third-order valence-electron chi connectivity index (χ3n) is 6.40. The van der Waals surface area contributed by atoms with Gasteiger partial charge in [-0.15, -0.1) is 0 Å². The molecule has 1 aromatic heterocycles. The Morgan fingerprint density at radius 2 is 2.17 bits per heavy atom. The Labute approximate surface area is 137 Å². The minimum absolute atomic E-state index is 0.234. The van der Waals surface area contributed by atoms with Crippen LogP contribution in [0.4, 0.5) is 0 Å². The van der Waals surface area contributed by atoms with Gasteiger partial charge in [0, 0.05) is 35.1 Å². The highest BCUT2D eigenvalue weighted by Gasteiger charge is 2.46. The van der Waals surface area contributed by atoms with Crippen LogP contribution in [0.2, 0.25) is 0 Å². The van der Waals surface area contributed by atoms with Crippen LogP contribution in [0.25, 0.3) is 10.9 Å². The quantitative estimate of drug-likeness (QED) is 0.752. The Kier molecular flexibility index (Phi) is 2.98. The predicted octanol–water partition coefficient (Wildman–Crippen LogP) is 3.68. The second kappa shape index (κ2) is 4.96. The molecule has 0 unspecified atom stereocenters. The zero-order valence-corrected chi connectivity index (χ0v) is 13.9. The smallest absolute Gasteiger partial charge is 0.0981 e. The lowest BCUT2D eigenvalue weighted by Crippen LogP contribution is -2.54. The number of H-pyrrole nitrogens is 1. The molecule has 0 saturated carbocycles. The Morgan fingerprint density at radius 1 is 1.30 bits per heavy atom. The average Bonchev–Trinajstić information content (AvgIpc) is 2.92. The zero-order chi connectivity index (χ0) is 15.6. The van der Waals surface area contributed by atoms with Crippen LogP contribution >= 0.6 is 0 Å². The number of aromatic amines is 1. The molecule has 0 amide bonds. The summed E-state index contributed by atoms with van der Waals surface area (Å²) in [6.45, 7) is 4.22. The fourth-order valence-electron chi connectivity index (χ4n) is 5.21. The molecule has 1 N–H and O–H groups in total. The lowest BCUT2D eigenvalue weighted by molar-refractivity contribution is -0.0833. The number of allylic oxidation sites excluding steroid dienone is 1. The normalized spacial score (nSPS) is 35.3. The Morgan fingerprint density at radius 3 is 3.04 bits per heavy atom. The number of fused-ring (bicyclic) bond motifs is 2. The number of hydrogen-bond donors (Lipinski definition) is 1. The molecule has 4 atom stereocenters. The van der Waals surface area contributed by atoms with Gasteiger partial charge in [-0.05, 0) is 44.4 Å². The van der Waals surface area contributed by atoms with Gasteiger partial charge in [-0.2, -0.15) is 0 Å². The first-order valence-corrected chi connectivity index (χ1v) is 8.82. The van der Waals surface area contributed by atoms with Gasteiger partial charge in [-0.25, -0.2) is 0 Å². The Bertz CT molecular complexity index is 790. The summed E-state index contributed by atoms with van der Waals surface area (Å²) in [4.78, 5) is 6.24. The van der Waals surface area contributed by atoms with Crippen LogP contribution in [0, 0.1) is 11.8 Å². The standard InChI is InChI=1S/C20H24N2O/c1-3-12-10-22(2)18-8-15-13-6-4-5-7-17(13)21-20(15)19-9-14(12)16(18)11-23-19/h3-7,14,16,18-19,21H,8-11H2,1-2H3/t14-,16-,18-,19+/m1/s1. The summed E-state index contributed by atoms with van der Waals surface area (Å²) < 4.78 is 6.33. The molecule has 2 saturated heterocycles. The third kappa shape index (κ3) is 1.90. The highest BCUT2D eigenvalue weighted by Crippen LogP contribution is 2.48. The van der Waals surface area contributed by atoms with Crippen molar-refractivity contribution in [1.82, 2.24) is 9.88 Å². The first-order chi connectivity index (χ1) is 11.3. The van der Waals surface area contributed by atoms with Crippen molar-refractivity contribution >= 4 is 10.9 Å². The van der Waals surface area contributed by atoms with Crippen molar-refractivity contribution in [2.75, 3.05) is 20.2 Å². The van der Waals surface area contributed by atoms with Crippen LogP contribution in [-0.4, -0.2) is 36.1 Å². The molecule has 3 aliphatic heterocycles. The van der Waals surface area contributed by atoms with E-state index in [1.807, 2.05) is 0 Å². The van der Waals surface area contributed by atoms with E-state index >= 15 is 0 Å². The largest absolute Gasteiger partial charge is 0.372 e. The maximum absolute atomic E-state index is 6.33. The number of ether oxygens (including phenoxy) is 1. The van der Waals surface area contributed by atoms with Crippen molar-refractivity contribution in [2.45, 2.75) is 31.9 Å². The lowest BCUT2D eigenvalue weighted by Gasteiger charge is -2.51. The molecule has 1 aromatic carbocycles. The van der Waals surface area contributed by atoms with Gasteiger partial charge in [0.1, 0.15) is 0 Å². The molecule has 4 bridgehead atoms. The second-order valence-electron chi connectivity index (χ2n) is 7.44. The third-order valence-corrected chi connectivity index (χ3v) is 6.40. The maximum atomic E-state index is 6.33. The zero-order valence-electron chi connectivity index (χ0n) is 13.9. The van der Waals surface area contributed by atoms with Gasteiger partial charge in [-0.3, -0.25) is 4.90 Å². The van der Waals surface area contributed by atoms with Gasteiger partial charge in [-0.1, -0.05) is 29.8 Å². The molecular weight excluding hydrogens is 284 g/mol. The van der Waals surface area contributed by atoms with Crippen molar-refractivity contribution in [3.63, 3.8) is 0 Å². The van der Waals surface area contributed by atoms with Crippen molar-refractivity contribution in [3.8, 4) is 0 Å². The number of aromatic nitrogens is 1. The van der Waals surface area contributed by atoms with Crippen LogP contribution in [0.5, 0.6) is 0 Å². The highest BCUT2D eigenvalue weighted by molar-refractivity contribution is 5.85. The molecule has 120 valence electrons. The number of piperidine rings is 1. The summed E-state index contributed by atoms with van der Waals surface area (Å²) in [5.74, 6) is 1.33. The van der Waals surface area contributed by atoms with Crippen molar-refractivity contribution < 1.29 is 4.74 Å². The van der Waals surface area contributed by atoms with E-state index in [1.54, 1.807) is 5.57 Å². The monoisotopic (exact) mass is 308 g/mol. The van der Waals surface area contributed by atoms with Crippen LogP contribution in [0.1, 0.15) is 30.7 Å². The summed E-state index contributed by atoms with van der Waals surface area (Å²) in [5.41, 5.74) is 5.70. The van der Waals surface area contributed by atoms with Crippen molar-refractivity contribution in [3.05, 3.63) is 47.2 Å². The molecule has 4 heterocycles. The number of benzene rings is 1. The summed E-state index contributed by atoms with van der Waals surface area (Å²) in [7, 11) is 2.28. The summed E-state index contributed by atoms with van der Waals surface area (Å²) in [6.07, 6.45) is 4.86. The molecule has 1 aliphatic carbocycles. The molecule has 23 heavy (non-hydrogen) atoms. The van der Waals surface area contributed by atoms with Crippen LogP contribution in [-0.2, 0) is 11.2 Å². The molecule has 0 radical (unpaired) electrons. The average molecular weight is 308 g/mol. The fourth-order valence-corrected chi connectivity index (χ4v) is 5.21. The summed E-state index contributed by atoms with van der Waals surface area (Å²) in [6, 6.07) is 9.31. The lowest BCUT2D eigenvalue weighted by atomic mass is 9.69. The number of para-hydroxylation sites is 1. The topological polar surface area (TPSA) is 28.3 Å². The van der Waals surface area contributed by atoms with E-state index in [4.69, 9.17) is 4.74 Å². The van der Waals surface area contributed by atoms with E-state index in [2.05, 4.69) is 54.2 Å². The molecule has 0 spiro atoms. The number of nitrogens with zero attached hydrogens (tertiary/aromatic N) is 1. The fraction of sp³-hybridized carbons (Fsp3) is 0.500. The molecule has 6 rings (SSSR count). The summed E-state index contributed by atoms with van der Waals surface area (Å²) in [5, 5.41) is 1.39. The molecular formula is C20H24N2O. The van der Waals surface area contributed by atoms with E-state index in [9.17, 15) is 0 Å². The number of likely N-dealkylation sites (N-methyl/N-ethyl adjacent to an activating group) is 1. The van der Waals surface area contributed by atoms with E-state index in [1.165, 1.54) is 22.2 Å². The van der Waals surface area contributed by atoms with Gasteiger partial charge in [0.05, 0.1) is 12.7 Å². The molecule has 2 fully saturated rings. The second-order valence-corrected chi connectivity index (χ2v) is 7.44. The van der Waals surface area contributed by atoms with E-state index in [-0.39, 0.29) is 6.10 Å². The van der Waals surface area contributed by atoms with E-state index < -0.39 is 0 Å². The molecule has 3 nitrogen and oxygen atoms in total. The first-order valence-electron chi connectivity index (χ1n) is 8.82. The maximum Gasteiger partial charge on any atom is 0.0981 e. The molecule has 4 aliphatic rings. The minimum atomic E-state index is 0.234. The molecule has 3 heteroatoms. The number of likely N-dealkylation sites (tertiary alicyclic amines) is 1. The van der Waals surface area contributed by atoms with Crippen LogP contribution < -0.4 is 0 Å². The SMILES string of the molecule is CC=C1CN(C)[C@@H]2Cc3c([nH]c4ccccc34)[C@@H]3C[C@H]1[C@H]2CO3. The highest BCUT2D eigenvalue weighted by atomic mass is 16.5. The summed E-state index contributed by atoms with van der Waals surface area (Å²) >= 11 is 0. The van der Waals surface area contributed by atoms with Crippen molar-refractivity contribution in [2.24, 2.45) is 11.8 Å². The van der Waals surface area contributed by atoms with Crippen molar-refractivity contribution in [1.29, 1.82) is 0 Å². The number of nitrogens with one attached hydrogen (secondary N) is 1. The number of hydrogen-bond acceptors (Lipinski definition) is 2. The van der Waals surface area contributed by atoms with Crippen LogP contribution in [0.15, 0.2) is 35.9 Å². The van der Waals surface area contributed by atoms with Gasteiger partial charge < -0.3 is 9.72 Å². The van der Waals surface area contributed by atoms with Gasteiger partial charge in [0.15, 0.2) is 0 Å². The van der Waals surface area contributed by atoms with Gasteiger partial charge in [0.25, 0.3) is 0 Å². The van der Waals surface area contributed by atoms with Gasteiger partial charge >= 0.3 is 0 Å². The number of rotatable bonds is 0. The Balaban J connectivity index is 1.71. The molecule has 2 aromatic rings. The van der Waals surface area contributed by atoms with Gasteiger partial charge in [0.2, 0.25) is 0 Å². The predicted molar refractivity (Wildman–Crippen MR) is 92.5 cm³/mol. The minimum Gasteiger partial charge on any atom is -0.372 e. The first kappa shape index (κ1) is 13.8. The van der Waals surface area contributed by atoms with Crippen LogP contribution in [0.3, 0.4) is 0 Å². The van der Waals surface area contributed by atoms with E-state index in [0.717, 1.165) is 26.0 Å².